The first-order valence-corrected chi connectivity index (χ1v) is 9.94. The van der Waals surface area contributed by atoms with Gasteiger partial charge in [0.25, 0.3) is 5.91 Å². The van der Waals surface area contributed by atoms with Gasteiger partial charge in [0.15, 0.2) is 6.10 Å². The molecule has 0 saturated carbocycles. The zero-order valence-corrected chi connectivity index (χ0v) is 17.6. The average Bonchev–Trinajstić information content (AvgIpc) is 2.78. The number of hydrogen-bond donors (Lipinski definition) is 1. The molecule has 1 amide bonds. The Kier molecular flexibility index (Phi) is 7.33. The molecular formula is C25H22FNO5. The first-order chi connectivity index (χ1) is 15.3. The van der Waals surface area contributed by atoms with Gasteiger partial charge < -0.3 is 14.8 Å². The molecule has 0 radical (unpaired) electrons. The molecule has 0 aliphatic rings. The maximum absolute atomic E-state index is 12.9. The Bertz CT molecular complexity index is 1090. The first kappa shape index (κ1) is 22.7. The predicted octanol–water partition coefficient (Wildman–Crippen LogP) is 4.28. The Morgan fingerprint density at radius 3 is 2.00 bits per heavy atom. The smallest absolute Gasteiger partial charge is 0.338 e. The van der Waals surface area contributed by atoms with Crippen LogP contribution in [0, 0.1) is 5.82 Å². The number of carbonyl (C=O) groups is 3. The van der Waals surface area contributed by atoms with Crippen molar-refractivity contribution in [1.82, 2.24) is 5.32 Å². The highest BCUT2D eigenvalue weighted by Gasteiger charge is 2.18. The van der Waals surface area contributed by atoms with E-state index in [1.807, 2.05) is 0 Å². The van der Waals surface area contributed by atoms with Crippen LogP contribution in [0.5, 0.6) is 5.75 Å². The van der Waals surface area contributed by atoms with Gasteiger partial charge in [-0.15, -0.1) is 0 Å². The van der Waals surface area contributed by atoms with Crippen LogP contribution in [0.25, 0.3) is 11.1 Å². The summed E-state index contributed by atoms with van der Waals surface area (Å²) in [5.74, 6) is -1.36. The van der Waals surface area contributed by atoms with E-state index in [0.29, 0.717) is 11.3 Å². The van der Waals surface area contributed by atoms with Crippen molar-refractivity contribution >= 4 is 17.8 Å². The number of ether oxygens (including phenoxy) is 2. The predicted molar refractivity (Wildman–Crippen MR) is 116 cm³/mol. The van der Waals surface area contributed by atoms with Crippen LogP contribution in [0.3, 0.4) is 0 Å². The van der Waals surface area contributed by atoms with E-state index >= 15 is 0 Å². The van der Waals surface area contributed by atoms with E-state index < -0.39 is 18.0 Å². The summed E-state index contributed by atoms with van der Waals surface area (Å²) in [4.78, 5) is 35.6. The zero-order chi connectivity index (χ0) is 23.1. The third-order valence-corrected chi connectivity index (χ3v) is 4.60. The molecule has 1 N–H and O–H groups in total. The van der Waals surface area contributed by atoms with E-state index in [0.717, 1.165) is 16.7 Å². The Balaban J connectivity index is 1.54. The molecule has 0 saturated heterocycles. The van der Waals surface area contributed by atoms with E-state index in [1.54, 1.807) is 60.7 Å². The molecular weight excluding hydrogens is 413 g/mol. The minimum atomic E-state index is -0.989. The summed E-state index contributed by atoms with van der Waals surface area (Å²) < 4.78 is 23.2. The minimum absolute atomic E-state index is 0.200. The Morgan fingerprint density at radius 2 is 1.44 bits per heavy atom. The van der Waals surface area contributed by atoms with Crippen molar-refractivity contribution < 1.29 is 28.2 Å². The lowest BCUT2D eigenvalue weighted by atomic mass is 10.0. The van der Waals surface area contributed by atoms with Gasteiger partial charge in [-0.25, -0.2) is 9.18 Å². The van der Waals surface area contributed by atoms with Gasteiger partial charge in [-0.3, -0.25) is 9.59 Å². The number of halogens is 1. The van der Waals surface area contributed by atoms with Crippen molar-refractivity contribution in [2.24, 2.45) is 0 Å². The Morgan fingerprint density at radius 1 is 0.875 bits per heavy atom. The van der Waals surface area contributed by atoms with Crippen LogP contribution in [0.15, 0.2) is 72.8 Å². The highest BCUT2D eigenvalue weighted by molar-refractivity contribution is 5.92. The van der Waals surface area contributed by atoms with Crippen molar-refractivity contribution in [3.05, 3.63) is 89.7 Å². The van der Waals surface area contributed by atoms with Crippen molar-refractivity contribution in [2.45, 2.75) is 26.5 Å². The van der Waals surface area contributed by atoms with E-state index in [1.165, 1.54) is 26.0 Å². The van der Waals surface area contributed by atoms with Gasteiger partial charge in [0, 0.05) is 13.5 Å². The summed E-state index contributed by atoms with van der Waals surface area (Å²) in [7, 11) is 0. The van der Waals surface area contributed by atoms with E-state index in [2.05, 4.69) is 5.32 Å². The van der Waals surface area contributed by atoms with Crippen LogP contribution >= 0.6 is 0 Å². The number of hydrogen-bond acceptors (Lipinski definition) is 5. The summed E-state index contributed by atoms with van der Waals surface area (Å²) in [5.41, 5.74) is 2.79. The second-order valence-corrected chi connectivity index (χ2v) is 7.09. The molecule has 3 aromatic rings. The second kappa shape index (κ2) is 10.3. The molecule has 32 heavy (non-hydrogen) atoms. The quantitative estimate of drug-likeness (QED) is 0.443. The van der Waals surface area contributed by atoms with E-state index in [9.17, 15) is 18.8 Å². The summed E-state index contributed by atoms with van der Waals surface area (Å²) in [6.45, 7) is 3.02. The molecule has 0 heterocycles. The number of rotatable bonds is 7. The van der Waals surface area contributed by atoms with Crippen molar-refractivity contribution in [2.75, 3.05) is 0 Å². The Hall–Kier alpha value is -4.00. The van der Waals surface area contributed by atoms with Crippen LogP contribution in [0.4, 0.5) is 4.39 Å². The van der Waals surface area contributed by atoms with Crippen LogP contribution in [0.2, 0.25) is 0 Å². The lowest BCUT2D eigenvalue weighted by Crippen LogP contribution is -2.35. The van der Waals surface area contributed by atoms with Gasteiger partial charge in [0.2, 0.25) is 0 Å². The number of amides is 1. The molecule has 1 atom stereocenters. The topological polar surface area (TPSA) is 81.7 Å². The maximum atomic E-state index is 12.9. The van der Waals surface area contributed by atoms with Crippen molar-refractivity contribution in [3.63, 3.8) is 0 Å². The number of benzene rings is 3. The van der Waals surface area contributed by atoms with Gasteiger partial charge in [-0.05, 0) is 60.0 Å². The lowest BCUT2D eigenvalue weighted by molar-refractivity contribution is -0.132. The third-order valence-electron chi connectivity index (χ3n) is 4.60. The van der Waals surface area contributed by atoms with Gasteiger partial charge in [-0.2, -0.15) is 0 Å². The molecule has 6 nitrogen and oxygen atoms in total. The van der Waals surface area contributed by atoms with Gasteiger partial charge in [0.1, 0.15) is 11.6 Å². The fraction of sp³-hybridized carbons (Fsp3) is 0.160. The molecule has 0 aliphatic heterocycles. The third kappa shape index (κ3) is 6.25. The molecule has 0 fully saturated rings. The monoisotopic (exact) mass is 435 g/mol. The van der Waals surface area contributed by atoms with Gasteiger partial charge >= 0.3 is 11.9 Å². The Labute approximate surface area is 185 Å². The summed E-state index contributed by atoms with van der Waals surface area (Å²) in [5, 5.41) is 2.65. The fourth-order valence-electron chi connectivity index (χ4n) is 2.90. The molecule has 3 aromatic carbocycles. The molecule has 3 rings (SSSR count). The summed E-state index contributed by atoms with van der Waals surface area (Å²) in [6, 6.07) is 19.5. The molecule has 0 spiro atoms. The highest BCUT2D eigenvalue weighted by atomic mass is 19.1. The van der Waals surface area contributed by atoms with Crippen LogP contribution in [0.1, 0.15) is 29.8 Å². The van der Waals surface area contributed by atoms with Crippen LogP contribution in [-0.2, 0) is 20.9 Å². The fourth-order valence-corrected chi connectivity index (χ4v) is 2.90. The molecule has 1 unspecified atom stereocenters. The second-order valence-electron chi connectivity index (χ2n) is 7.09. The standard InChI is InChI=1S/C25H22FNO5/c1-16(24(29)27-15-18-3-11-22(26)12-4-18)31-25(30)21-7-5-19(6-8-21)20-9-13-23(14-10-20)32-17(2)28/h3-14,16H,15H2,1-2H3,(H,27,29). The number of esters is 2. The SMILES string of the molecule is CC(=O)Oc1ccc(-c2ccc(C(=O)OC(C)C(=O)NCc3ccc(F)cc3)cc2)cc1. The highest BCUT2D eigenvalue weighted by Crippen LogP contribution is 2.23. The average molecular weight is 435 g/mol. The normalized spacial score (nSPS) is 11.3. The van der Waals surface area contributed by atoms with Crippen molar-refractivity contribution in [1.29, 1.82) is 0 Å². The number of nitrogens with one attached hydrogen (secondary N) is 1. The molecule has 0 aliphatic carbocycles. The van der Waals surface area contributed by atoms with Gasteiger partial charge in [-0.1, -0.05) is 36.4 Å². The molecule has 0 aromatic heterocycles. The maximum Gasteiger partial charge on any atom is 0.338 e. The number of carbonyl (C=O) groups excluding carboxylic acids is 3. The van der Waals surface area contributed by atoms with Crippen LogP contribution < -0.4 is 10.1 Å². The van der Waals surface area contributed by atoms with Gasteiger partial charge in [0.05, 0.1) is 5.56 Å². The zero-order valence-electron chi connectivity index (χ0n) is 17.6. The van der Waals surface area contributed by atoms with Crippen molar-refractivity contribution in [3.8, 4) is 16.9 Å². The molecule has 0 bridgehead atoms. The molecule has 164 valence electrons. The minimum Gasteiger partial charge on any atom is -0.449 e. The summed E-state index contributed by atoms with van der Waals surface area (Å²) in [6.07, 6.45) is -0.989. The van der Waals surface area contributed by atoms with E-state index in [4.69, 9.17) is 9.47 Å². The lowest BCUT2D eigenvalue weighted by Gasteiger charge is -2.14. The summed E-state index contributed by atoms with van der Waals surface area (Å²) >= 11 is 0. The largest absolute Gasteiger partial charge is 0.449 e. The van der Waals surface area contributed by atoms with E-state index in [-0.39, 0.29) is 18.3 Å². The van der Waals surface area contributed by atoms with Crippen LogP contribution in [-0.4, -0.2) is 23.9 Å². The molecule has 7 heteroatoms. The first-order valence-electron chi connectivity index (χ1n) is 9.94.